The topological polar surface area (TPSA) is 49.3 Å². The predicted octanol–water partition coefficient (Wildman–Crippen LogP) is 3.34. The molecule has 0 spiro atoms. The van der Waals surface area contributed by atoms with E-state index in [1.165, 1.54) is 24.3 Å². The first-order chi connectivity index (χ1) is 9.49. The Labute approximate surface area is 112 Å². The number of anilines is 1. The fraction of sp³-hybridized carbons (Fsp3) is 0.0714. The molecule has 2 N–H and O–H groups in total. The van der Waals surface area contributed by atoms with Gasteiger partial charge >= 0.3 is 5.97 Å². The van der Waals surface area contributed by atoms with E-state index in [9.17, 15) is 18.0 Å². The van der Waals surface area contributed by atoms with Crippen molar-refractivity contribution in [1.82, 2.24) is 0 Å². The van der Waals surface area contributed by atoms with Gasteiger partial charge in [0.2, 0.25) is 0 Å². The number of carbonyl (C=O) groups is 1. The van der Waals surface area contributed by atoms with Crippen LogP contribution in [0.5, 0.6) is 0 Å². The lowest BCUT2D eigenvalue weighted by Crippen LogP contribution is -2.22. The van der Waals surface area contributed by atoms with Crippen LogP contribution in [0.25, 0.3) is 0 Å². The van der Waals surface area contributed by atoms with Gasteiger partial charge in [0.1, 0.15) is 5.82 Å². The summed E-state index contributed by atoms with van der Waals surface area (Å²) in [6, 6.07) is 6.69. The zero-order chi connectivity index (χ0) is 14.7. The van der Waals surface area contributed by atoms with E-state index in [2.05, 4.69) is 5.32 Å². The molecule has 0 aliphatic carbocycles. The van der Waals surface area contributed by atoms with Crippen LogP contribution in [-0.4, -0.2) is 11.1 Å². The van der Waals surface area contributed by atoms with E-state index >= 15 is 0 Å². The quantitative estimate of drug-likeness (QED) is 0.903. The van der Waals surface area contributed by atoms with Gasteiger partial charge in [-0.1, -0.05) is 12.1 Å². The Morgan fingerprint density at radius 2 is 1.70 bits per heavy atom. The maximum atomic E-state index is 13.6. The van der Waals surface area contributed by atoms with Gasteiger partial charge in [-0.3, -0.25) is 0 Å². The average Bonchev–Trinajstić information content (AvgIpc) is 2.41. The summed E-state index contributed by atoms with van der Waals surface area (Å²) >= 11 is 0. The van der Waals surface area contributed by atoms with E-state index in [0.717, 1.165) is 18.2 Å². The summed E-state index contributed by atoms with van der Waals surface area (Å²) in [4.78, 5) is 11.2. The maximum Gasteiger partial charge on any atom is 0.330 e. The second kappa shape index (κ2) is 5.64. The van der Waals surface area contributed by atoms with Crippen LogP contribution < -0.4 is 5.32 Å². The number of benzene rings is 2. The molecule has 2 aromatic carbocycles. The first-order valence-electron chi connectivity index (χ1n) is 5.68. The lowest BCUT2D eigenvalue weighted by Gasteiger charge is -2.17. The number of aliphatic carboxylic acids is 1. The first kappa shape index (κ1) is 13.9. The van der Waals surface area contributed by atoms with Gasteiger partial charge in [-0.15, -0.1) is 0 Å². The van der Waals surface area contributed by atoms with E-state index in [0.29, 0.717) is 0 Å². The number of carboxylic acid groups (broad SMARTS) is 1. The van der Waals surface area contributed by atoms with Gasteiger partial charge in [-0.2, -0.15) is 0 Å². The number of carboxylic acids is 1. The number of nitrogens with one attached hydrogen (secondary N) is 1. The third kappa shape index (κ3) is 2.90. The summed E-state index contributed by atoms with van der Waals surface area (Å²) in [5, 5.41) is 11.6. The second-order valence-corrected chi connectivity index (χ2v) is 4.07. The summed E-state index contributed by atoms with van der Waals surface area (Å²) in [6.45, 7) is 0. The molecule has 0 aliphatic rings. The minimum Gasteiger partial charge on any atom is -0.479 e. The minimum atomic E-state index is -1.48. The zero-order valence-corrected chi connectivity index (χ0v) is 10.1. The van der Waals surface area contributed by atoms with Gasteiger partial charge in [-0.25, -0.2) is 18.0 Å². The van der Waals surface area contributed by atoms with Gasteiger partial charge in [0.15, 0.2) is 17.7 Å². The fourth-order valence-corrected chi connectivity index (χ4v) is 1.73. The lowest BCUT2D eigenvalue weighted by molar-refractivity contribution is -0.138. The molecule has 0 bridgehead atoms. The summed E-state index contributed by atoms with van der Waals surface area (Å²) in [5.41, 5.74) is -0.0516. The van der Waals surface area contributed by atoms with E-state index in [1.54, 1.807) is 0 Å². The van der Waals surface area contributed by atoms with Gasteiger partial charge in [-0.05, 0) is 30.3 Å². The third-order valence-electron chi connectivity index (χ3n) is 2.69. The van der Waals surface area contributed by atoms with Crippen LogP contribution in [-0.2, 0) is 4.79 Å². The Hall–Kier alpha value is -2.50. The molecule has 0 saturated heterocycles. The molecular formula is C14H10F3NO2. The van der Waals surface area contributed by atoms with Crippen molar-refractivity contribution in [2.75, 3.05) is 5.32 Å². The molecule has 0 amide bonds. The van der Waals surface area contributed by atoms with Crippen molar-refractivity contribution < 1.29 is 23.1 Å². The summed E-state index contributed by atoms with van der Waals surface area (Å²) in [5.74, 6) is -4.22. The number of hydrogen-bond donors (Lipinski definition) is 2. The van der Waals surface area contributed by atoms with Gasteiger partial charge in [0.25, 0.3) is 0 Å². The van der Waals surface area contributed by atoms with Crippen LogP contribution in [0.1, 0.15) is 11.6 Å². The van der Waals surface area contributed by atoms with Crippen molar-refractivity contribution in [3.63, 3.8) is 0 Å². The molecule has 0 heterocycles. The molecule has 0 aromatic heterocycles. The Morgan fingerprint density at radius 3 is 2.30 bits per heavy atom. The molecule has 0 fully saturated rings. The van der Waals surface area contributed by atoms with Crippen molar-refractivity contribution in [3.8, 4) is 0 Å². The molecule has 2 rings (SSSR count). The van der Waals surface area contributed by atoms with Gasteiger partial charge in [0.05, 0.1) is 0 Å². The highest BCUT2D eigenvalue weighted by molar-refractivity contribution is 5.79. The van der Waals surface area contributed by atoms with Crippen LogP contribution in [0.3, 0.4) is 0 Å². The maximum absolute atomic E-state index is 13.6. The van der Waals surface area contributed by atoms with Crippen molar-refractivity contribution in [2.24, 2.45) is 0 Å². The van der Waals surface area contributed by atoms with Crippen LogP contribution in [0.2, 0.25) is 0 Å². The Kier molecular flexibility index (Phi) is 3.93. The van der Waals surface area contributed by atoms with Crippen molar-refractivity contribution in [1.29, 1.82) is 0 Å². The highest BCUT2D eigenvalue weighted by atomic mass is 19.2. The SMILES string of the molecule is O=C(O)C(Nc1ccc(F)cc1)c1cccc(F)c1F. The molecule has 6 heteroatoms. The largest absolute Gasteiger partial charge is 0.479 e. The fourth-order valence-electron chi connectivity index (χ4n) is 1.73. The summed E-state index contributed by atoms with van der Waals surface area (Å²) < 4.78 is 39.6. The van der Waals surface area contributed by atoms with Gasteiger partial charge in [0, 0.05) is 11.3 Å². The molecule has 1 unspecified atom stereocenters. The molecular weight excluding hydrogens is 271 g/mol. The van der Waals surface area contributed by atoms with E-state index in [4.69, 9.17) is 5.11 Å². The molecule has 104 valence electrons. The smallest absolute Gasteiger partial charge is 0.330 e. The highest BCUT2D eigenvalue weighted by Crippen LogP contribution is 2.24. The molecule has 0 radical (unpaired) electrons. The Bertz CT molecular complexity index is 629. The number of halogens is 3. The molecule has 20 heavy (non-hydrogen) atoms. The first-order valence-corrected chi connectivity index (χ1v) is 5.68. The third-order valence-corrected chi connectivity index (χ3v) is 2.69. The molecule has 0 saturated carbocycles. The highest BCUT2D eigenvalue weighted by Gasteiger charge is 2.24. The monoisotopic (exact) mass is 281 g/mol. The molecule has 2 aromatic rings. The summed E-state index contributed by atoms with van der Waals surface area (Å²) in [7, 11) is 0. The average molecular weight is 281 g/mol. The van der Waals surface area contributed by atoms with Crippen LogP contribution in [0, 0.1) is 17.5 Å². The van der Waals surface area contributed by atoms with Crippen LogP contribution >= 0.6 is 0 Å². The zero-order valence-electron chi connectivity index (χ0n) is 10.1. The normalized spacial score (nSPS) is 11.9. The lowest BCUT2D eigenvalue weighted by atomic mass is 10.1. The summed E-state index contributed by atoms with van der Waals surface area (Å²) in [6.07, 6.45) is 0. The number of hydrogen-bond acceptors (Lipinski definition) is 2. The minimum absolute atomic E-state index is 0.280. The van der Waals surface area contributed by atoms with Crippen LogP contribution in [0.4, 0.5) is 18.9 Å². The van der Waals surface area contributed by atoms with E-state index in [-0.39, 0.29) is 11.3 Å². The molecule has 3 nitrogen and oxygen atoms in total. The standard InChI is InChI=1S/C14H10F3NO2/c15-8-4-6-9(7-5-8)18-13(14(19)20)10-2-1-3-11(16)12(10)17/h1-7,13,18H,(H,19,20). The second-order valence-electron chi connectivity index (χ2n) is 4.07. The van der Waals surface area contributed by atoms with Gasteiger partial charge < -0.3 is 10.4 Å². The number of rotatable bonds is 4. The van der Waals surface area contributed by atoms with Crippen molar-refractivity contribution >= 4 is 11.7 Å². The van der Waals surface area contributed by atoms with Crippen molar-refractivity contribution in [3.05, 3.63) is 65.5 Å². The predicted molar refractivity (Wildman–Crippen MR) is 66.8 cm³/mol. The molecule has 0 aliphatic heterocycles. The van der Waals surface area contributed by atoms with Crippen molar-refractivity contribution in [2.45, 2.75) is 6.04 Å². The Morgan fingerprint density at radius 1 is 1.05 bits per heavy atom. The van der Waals surface area contributed by atoms with E-state index in [1.807, 2.05) is 0 Å². The molecule has 1 atom stereocenters. The van der Waals surface area contributed by atoms with E-state index < -0.39 is 29.5 Å². The van der Waals surface area contributed by atoms with Crippen LogP contribution in [0.15, 0.2) is 42.5 Å². The Balaban J connectivity index is 2.34.